The lowest BCUT2D eigenvalue weighted by Crippen LogP contribution is -2.53. The number of rotatable bonds is 2. The lowest BCUT2D eigenvalue weighted by Gasteiger charge is -2.22. The predicted octanol–water partition coefficient (Wildman–Crippen LogP) is -1.18. The highest BCUT2D eigenvalue weighted by atomic mass is 32.1. The van der Waals surface area contributed by atoms with Crippen LogP contribution in [0.2, 0.25) is 0 Å². The topological polar surface area (TPSA) is 84.2 Å². The minimum atomic E-state index is -0.183. The molecule has 3 rings (SSSR count). The van der Waals surface area contributed by atoms with E-state index in [0.29, 0.717) is 13.0 Å². The van der Waals surface area contributed by atoms with Crippen LogP contribution in [0.3, 0.4) is 0 Å². The summed E-state index contributed by atoms with van der Waals surface area (Å²) in [5.41, 5.74) is 0. The molecule has 1 unspecified atom stereocenters. The number of amides is 1. The van der Waals surface area contributed by atoms with Gasteiger partial charge in [0.05, 0.1) is 6.04 Å². The molecule has 1 atom stereocenters. The lowest BCUT2D eigenvalue weighted by atomic mass is 10.1. The number of hydrogen-bond acceptors (Lipinski definition) is 6. The fraction of sp³-hybridized carbons (Fsp3) is 0.500. The van der Waals surface area contributed by atoms with E-state index in [9.17, 15) is 4.79 Å². The summed E-state index contributed by atoms with van der Waals surface area (Å²) in [6.07, 6.45) is 2.16. The third kappa shape index (κ3) is 1.65. The zero-order valence-electron chi connectivity index (χ0n) is 8.38. The van der Waals surface area contributed by atoms with Crippen molar-refractivity contribution in [2.45, 2.75) is 12.5 Å². The highest BCUT2D eigenvalue weighted by Crippen LogP contribution is 2.13. The van der Waals surface area contributed by atoms with E-state index in [0.717, 1.165) is 16.5 Å². The molecule has 0 aromatic carbocycles. The first-order valence-electron chi connectivity index (χ1n) is 5.00. The molecule has 2 N–H and O–H groups in total. The van der Waals surface area contributed by atoms with Crippen LogP contribution in [0, 0.1) is 0 Å². The van der Waals surface area contributed by atoms with Crippen molar-refractivity contribution in [1.82, 2.24) is 30.4 Å². The van der Waals surface area contributed by atoms with E-state index in [1.165, 1.54) is 11.3 Å². The summed E-state index contributed by atoms with van der Waals surface area (Å²) >= 11 is 1.46. The first kappa shape index (κ1) is 9.67. The van der Waals surface area contributed by atoms with Crippen LogP contribution < -0.4 is 10.6 Å². The number of nitrogens with one attached hydrogen (secondary N) is 2. The standard InChI is InChI=1S/C8H10N6OS/c15-7-5(9-1-2-10-7)3-6-13-14-4-11-12-8(14)16-6/h4-5,9H,1-3H2,(H,10,15). The van der Waals surface area contributed by atoms with E-state index < -0.39 is 0 Å². The SMILES string of the molecule is O=C1NCCNC1Cc1nn2cnnc2s1. The molecule has 0 bridgehead atoms. The molecule has 0 spiro atoms. The van der Waals surface area contributed by atoms with Gasteiger partial charge >= 0.3 is 0 Å². The zero-order chi connectivity index (χ0) is 11.0. The Morgan fingerprint density at radius 3 is 3.31 bits per heavy atom. The van der Waals surface area contributed by atoms with E-state index in [4.69, 9.17) is 0 Å². The number of fused-ring (bicyclic) bond motifs is 1. The van der Waals surface area contributed by atoms with Gasteiger partial charge in [0.1, 0.15) is 11.3 Å². The quantitative estimate of drug-likeness (QED) is 0.687. The van der Waals surface area contributed by atoms with Crippen molar-refractivity contribution in [2.75, 3.05) is 13.1 Å². The van der Waals surface area contributed by atoms with Gasteiger partial charge in [-0.15, -0.1) is 10.2 Å². The minimum Gasteiger partial charge on any atom is -0.353 e. The summed E-state index contributed by atoms with van der Waals surface area (Å²) in [5, 5.41) is 18.8. The first-order chi connectivity index (χ1) is 7.83. The summed E-state index contributed by atoms with van der Waals surface area (Å²) in [6, 6.07) is -0.183. The molecule has 7 nitrogen and oxygen atoms in total. The third-order valence-electron chi connectivity index (χ3n) is 2.44. The van der Waals surface area contributed by atoms with Gasteiger partial charge in [-0.3, -0.25) is 4.79 Å². The minimum absolute atomic E-state index is 0.0391. The average molecular weight is 238 g/mol. The Hall–Kier alpha value is -1.54. The average Bonchev–Trinajstić information content (AvgIpc) is 2.81. The van der Waals surface area contributed by atoms with E-state index in [-0.39, 0.29) is 11.9 Å². The second-order valence-electron chi connectivity index (χ2n) is 3.56. The number of nitrogens with zero attached hydrogens (tertiary/aromatic N) is 4. The molecular formula is C8H10N6OS. The molecule has 1 amide bonds. The second-order valence-corrected chi connectivity index (χ2v) is 4.60. The molecule has 2 aromatic rings. The molecule has 3 heterocycles. The highest BCUT2D eigenvalue weighted by molar-refractivity contribution is 7.16. The number of piperazine rings is 1. The van der Waals surface area contributed by atoms with Crippen molar-refractivity contribution >= 4 is 22.2 Å². The van der Waals surface area contributed by atoms with Crippen LogP contribution in [0.25, 0.3) is 4.96 Å². The molecule has 1 aliphatic rings. The summed E-state index contributed by atoms with van der Waals surface area (Å²) in [7, 11) is 0. The van der Waals surface area contributed by atoms with Gasteiger partial charge in [-0.25, -0.2) is 0 Å². The van der Waals surface area contributed by atoms with Crippen LogP contribution in [-0.4, -0.2) is 44.8 Å². The second kappa shape index (κ2) is 3.80. The van der Waals surface area contributed by atoms with Crippen molar-refractivity contribution in [2.24, 2.45) is 0 Å². The predicted molar refractivity (Wildman–Crippen MR) is 57.2 cm³/mol. The smallest absolute Gasteiger partial charge is 0.237 e. The van der Waals surface area contributed by atoms with Crippen molar-refractivity contribution in [1.29, 1.82) is 0 Å². The van der Waals surface area contributed by atoms with Gasteiger partial charge in [0, 0.05) is 19.5 Å². The van der Waals surface area contributed by atoms with Crippen LogP contribution in [0.1, 0.15) is 5.01 Å². The third-order valence-corrected chi connectivity index (χ3v) is 3.37. The largest absolute Gasteiger partial charge is 0.353 e. The molecule has 1 saturated heterocycles. The molecule has 0 saturated carbocycles. The Kier molecular flexibility index (Phi) is 2.29. The van der Waals surface area contributed by atoms with E-state index in [2.05, 4.69) is 25.9 Å². The molecule has 84 valence electrons. The normalized spacial score (nSPS) is 21.2. The first-order valence-corrected chi connectivity index (χ1v) is 5.81. The van der Waals surface area contributed by atoms with Gasteiger partial charge < -0.3 is 10.6 Å². The number of aromatic nitrogens is 4. The van der Waals surface area contributed by atoms with Crippen LogP contribution in [0.5, 0.6) is 0 Å². The van der Waals surface area contributed by atoms with Crippen molar-refractivity contribution in [3.63, 3.8) is 0 Å². The van der Waals surface area contributed by atoms with Gasteiger partial charge in [-0.1, -0.05) is 11.3 Å². The Balaban J connectivity index is 1.78. The maximum atomic E-state index is 11.5. The molecule has 1 aliphatic heterocycles. The fourth-order valence-corrected chi connectivity index (χ4v) is 2.53. The molecule has 16 heavy (non-hydrogen) atoms. The van der Waals surface area contributed by atoms with Gasteiger partial charge in [0.25, 0.3) is 0 Å². The Morgan fingerprint density at radius 1 is 1.56 bits per heavy atom. The lowest BCUT2D eigenvalue weighted by molar-refractivity contribution is -0.124. The number of carbonyl (C=O) groups excluding carboxylic acids is 1. The van der Waals surface area contributed by atoms with E-state index in [1.54, 1.807) is 10.8 Å². The molecule has 8 heteroatoms. The van der Waals surface area contributed by atoms with Gasteiger partial charge in [-0.05, 0) is 0 Å². The summed E-state index contributed by atoms with van der Waals surface area (Å²) < 4.78 is 1.63. The van der Waals surface area contributed by atoms with Crippen molar-refractivity contribution in [3.8, 4) is 0 Å². The van der Waals surface area contributed by atoms with Crippen molar-refractivity contribution in [3.05, 3.63) is 11.3 Å². The van der Waals surface area contributed by atoms with Gasteiger partial charge in [0.15, 0.2) is 0 Å². The van der Waals surface area contributed by atoms with E-state index in [1.807, 2.05) is 0 Å². The maximum Gasteiger partial charge on any atom is 0.237 e. The van der Waals surface area contributed by atoms with Gasteiger partial charge in [-0.2, -0.15) is 9.61 Å². The van der Waals surface area contributed by atoms with Crippen LogP contribution in [0.4, 0.5) is 0 Å². The van der Waals surface area contributed by atoms with Gasteiger partial charge in [0.2, 0.25) is 10.9 Å². The van der Waals surface area contributed by atoms with Crippen LogP contribution >= 0.6 is 11.3 Å². The maximum absolute atomic E-state index is 11.5. The molecule has 0 aliphatic carbocycles. The molecule has 2 aromatic heterocycles. The molecule has 1 fully saturated rings. The summed E-state index contributed by atoms with van der Waals surface area (Å²) in [4.78, 5) is 12.3. The monoisotopic (exact) mass is 238 g/mol. The number of carbonyl (C=O) groups is 1. The van der Waals surface area contributed by atoms with Crippen molar-refractivity contribution < 1.29 is 4.79 Å². The van der Waals surface area contributed by atoms with Crippen LogP contribution in [0.15, 0.2) is 6.33 Å². The summed E-state index contributed by atoms with van der Waals surface area (Å²) in [6.45, 7) is 1.50. The Morgan fingerprint density at radius 2 is 2.50 bits per heavy atom. The number of hydrogen-bond donors (Lipinski definition) is 2. The van der Waals surface area contributed by atoms with Crippen LogP contribution in [-0.2, 0) is 11.2 Å². The summed E-state index contributed by atoms with van der Waals surface area (Å²) in [5.74, 6) is 0.0391. The highest BCUT2D eigenvalue weighted by Gasteiger charge is 2.23. The molecule has 0 radical (unpaired) electrons. The van der Waals surface area contributed by atoms with E-state index >= 15 is 0 Å². The fourth-order valence-electron chi connectivity index (χ4n) is 1.67. The Labute approximate surface area is 94.9 Å². The molecular weight excluding hydrogens is 228 g/mol. The Bertz CT molecular complexity index is 491. The zero-order valence-corrected chi connectivity index (χ0v) is 9.20.